The lowest BCUT2D eigenvalue weighted by molar-refractivity contribution is -0.140. The average molecular weight is 465 g/mol. The SMILES string of the molecule is CCCc1ccc(OC(=O)C2CCC(C3CCC(CC(C)c4ccccc4)CC3)CC2)cc1F. The molecule has 1 unspecified atom stereocenters. The average Bonchev–Trinajstić information content (AvgIpc) is 2.87. The summed E-state index contributed by atoms with van der Waals surface area (Å²) in [7, 11) is 0. The number of esters is 1. The molecule has 0 radical (unpaired) electrons. The van der Waals surface area contributed by atoms with Crippen molar-refractivity contribution in [1.82, 2.24) is 0 Å². The van der Waals surface area contributed by atoms with Gasteiger partial charge in [-0.15, -0.1) is 0 Å². The van der Waals surface area contributed by atoms with Gasteiger partial charge in [0.1, 0.15) is 11.6 Å². The van der Waals surface area contributed by atoms with Crippen LogP contribution in [-0.2, 0) is 11.2 Å². The van der Waals surface area contributed by atoms with Crippen LogP contribution in [0.5, 0.6) is 5.75 Å². The topological polar surface area (TPSA) is 26.3 Å². The number of rotatable bonds is 8. The Morgan fingerprint density at radius 2 is 1.59 bits per heavy atom. The number of hydrogen-bond donors (Lipinski definition) is 0. The van der Waals surface area contributed by atoms with Crippen LogP contribution in [0.2, 0.25) is 0 Å². The quantitative estimate of drug-likeness (QED) is 0.289. The summed E-state index contributed by atoms with van der Waals surface area (Å²) in [5, 5.41) is 0. The molecule has 2 fully saturated rings. The van der Waals surface area contributed by atoms with Gasteiger partial charge in [0.25, 0.3) is 0 Å². The Balaban J connectivity index is 1.19. The summed E-state index contributed by atoms with van der Waals surface area (Å²) in [5.41, 5.74) is 2.15. The Labute approximate surface area is 205 Å². The van der Waals surface area contributed by atoms with Crippen LogP contribution in [0.1, 0.15) is 95.1 Å². The molecule has 2 aromatic carbocycles. The highest BCUT2D eigenvalue weighted by molar-refractivity contribution is 5.75. The van der Waals surface area contributed by atoms with Gasteiger partial charge in [0, 0.05) is 6.07 Å². The summed E-state index contributed by atoms with van der Waals surface area (Å²) in [6, 6.07) is 15.8. The fraction of sp³-hybridized carbons (Fsp3) is 0.581. The standard InChI is InChI=1S/C31H41FO2/c1-3-7-27-18-19-29(21-30(27)32)34-31(33)28-16-14-26(15-17-28)25-12-10-23(11-13-25)20-22(2)24-8-5-4-6-9-24/h4-6,8-9,18-19,21-23,25-26,28H,3,7,10-17,20H2,1-2H3. The molecule has 2 aromatic rings. The maximum atomic E-state index is 14.2. The molecule has 4 rings (SSSR count). The molecule has 0 bridgehead atoms. The van der Waals surface area contributed by atoms with E-state index < -0.39 is 0 Å². The molecule has 2 aliphatic rings. The van der Waals surface area contributed by atoms with Crippen molar-refractivity contribution in [2.45, 2.75) is 90.4 Å². The molecule has 184 valence electrons. The highest BCUT2D eigenvalue weighted by Crippen LogP contribution is 2.43. The summed E-state index contributed by atoms with van der Waals surface area (Å²) in [6.45, 7) is 4.40. The van der Waals surface area contributed by atoms with Crippen LogP contribution in [0, 0.1) is 29.5 Å². The largest absolute Gasteiger partial charge is 0.426 e. The monoisotopic (exact) mass is 464 g/mol. The van der Waals surface area contributed by atoms with E-state index in [4.69, 9.17) is 4.74 Å². The zero-order valence-corrected chi connectivity index (χ0v) is 21.0. The predicted molar refractivity (Wildman–Crippen MR) is 136 cm³/mol. The van der Waals surface area contributed by atoms with Crippen molar-refractivity contribution in [3.63, 3.8) is 0 Å². The Hall–Kier alpha value is -2.16. The number of carbonyl (C=O) groups excluding carboxylic acids is 1. The van der Waals surface area contributed by atoms with Crippen LogP contribution < -0.4 is 4.74 Å². The van der Waals surface area contributed by atoms with Gasteiger partial charge in [-0.1, -0.05) is 69.5 Å². The zero-order valence-electron chi connectivity index (χ0n) is 21.0. The highest BCUT2D eigenvalue weighted by Gasteiger charge is 2.34. The van der Waals surface area contributed by atoms with E-state index in [-0.39, 0.29) is 17.7 Å². The molecular weight excluding hydrogens is 423 g/mol. The third-order valence-electron chi connectivity index (χ3n) is 8.48. The summed E-state index contributed by atoms with van der Waals surface area (Å²) in [5.74, 6) is 2.90. The molecule has 3 heteroatoms. The summed E-state index contributed by atoms with van der Waals surface area (Å²) < 4.78 is 19.7. The Bertz CT molecular complexity index is 908. The number of benzene rings is 2. The van der Waals surface area contributed by atoms with Gasteiger partial charge < -0.3 is 4.74 Å². The first kappa shape index (κ1) is 24.9. The lowest BCUT2D eigenvalue weighted by Crippen LogP contribution is -2.30. The van der Waals surface area contributed by atoms with Gasteiger partial charge in [-0.05, 0) is 92.2 Å². The maximum Gasteiger partial charge on any atom is 0.314 e. The first-order valence-corrected chi connectivity index (χ1v) is 13.6. The van der Waals surface area contributed by atoms with Crippen molar-refractivity contribution in [2.75, 3.05) is 0 Å². The minimum Gasteiger partial charge on any atom is -0.426 e. The number of halogens is 1. The molecule has 2 aliphatic carbocycles. The van der Waals surface area contributed by atoms with Gasteiger partial charge in [-0.25, -0.2) is 4.39 Å². The Kier molecular flexibility index (Phi) is 8.80. The second-order valence-corrected chi connectivity index (χ2v) is 10.9. The molecule has 0 amide bonds. The molecule has 2 saturated carbocycles. The van der Waals surface area contributed by atoms with E-state index in [0.29, 0.717) is 23.7 Å². The summed E-state index contributed by atoms with van der Waals surface area (Å²) in [6.07, 6.45) is 12.4. The van der Waals surface area contributed by atoms with Crippen molar-refractivity contribution in [1.29, 1.82) is 0 Å². The lowest BCUT2D eigenvalue weighted by Gasteiger charge is -2.38. The van der Waals surface area contributed by atoms with Crippen LogP contribution >= 0.6 is 0 Å². The van der Waals surface area contributed by atoms with Gasteiger partial charge in [0.2, 0.25) is 0 Å². The van der Waals surface area contributed by atoms with Gasteiger partial charge in [-0.3, -0.25) is 4.79 Å². The summed E-state index contributed by atoms with van der Waals surface area (Å²) >= 11 is 0. The highest BCUT2D eigenvalue weighted by atomic mass is 19.1. The normalized spacial score (nSPS) is 26.1. The smallest absolute Gasteiger partial charge is 0.314 e. The summed E-state index contributed by atoms with van der Waals surface area (Å²) in [4.78, 5) is 12.7. The molecule has 0 N–H and O–H groups in total. The van der Waals surface area contributed by atoms with Crippen LogP contribution in [0.25, 0.3) is 0 Å². The number of ether oxygens (including phenoxy) is 1. The lowest BCUT2D eigenvalue weighted by atomic mass is 9.68. The molecule has 2 nitrogen and oxygen atoms in total. The fourth-order valence-electron chi connectivity index (χ4n) is 6.40. The van der Waals surface area contributed by atoms with Crippen LogP contribution in [0.15, 0.2) is 48.5 Å². The minimum absolute atomic E-state index is 0.0438. The Morgan fingerprint density at radius 3 is 2.21 bits per heavy atom. The van der Waals surface area contributed by atoms with E-state index in [9.17, 15) is 9.18 Å². The minimum atomic E-state index is -0.273. The third-order valence-corrected chi connectivity index (χ3v) is 8.48. The van der Waals surface area contributed by atoms with E-state index in [1.807, 2.05) is 6.92 Å². The van der Waals surface area contributed by atoms with Crippen LogP contribution in [-0.4, -0.2) is 5.97 Å². The molecule has 0 aliphatic heterocycles. The van der Waals surface area contributed by atoms with Crippen LogP contribution in [0.3, 0.4) is 0 Å². The van der Waals surface area contributed by atoms with E-state index in [1.54, 1.807) is 12.1 Å². The Morgan fingerprint density at radius 1 is 0.941 bits per heavy atom. The third kappa shape index (κ3) is 6.49. The molecule has 1 atom stereocenters. The van der Waals surface area contributed by atoms with E-state index in [0.717, 1.165) is 49.9 Å². The molecule has 0 aromatic heterocycles. The van der Waals surface area contributed by atoms with Gasteiger partial charge >= 0.3 is 5.97 Å². The fourth-order valence-corrected chi connectivity index (χ4v) is 6.40. The van der Waals surface area contributed by atoms with Gasteiger partial charge in [0.05, 0.1) is 5.92 Å². The maximum absolute atomic E-state index is 14.2. The number of carbonyl (C=O) groups is 1. The van der Waals surface area contributed by atoms with Crippen molar-refractivity contribution in [3.05, 3.63) is 65.5 Å². The van der Waals surface area contributed by atoms with Crippen molar-refractivity contribution in [3.8, 4) is 5.75 Å². The first-order valence-electron chi connectivity index (χ1n) is 13.6. The molecule has 0 spiro atoms. The van der Waals surface area contributed by atoms with Crippen molar-refractivity contribution < 1.29 is 13.9 Å². The number of hydrogen-bond acceptors (Lipinski definition) is 2. The van der Waals surface area contributed by atoms with E-state index >= 15 is 0 Å². The molecule has 0 heterocycles. The van der Waals surface area contributed by atoms with Gasteiger partial charge in [-0.2, -0.15) is 0 Å². The molecule has 34 heavy (non-hydrogen) atoms. The number of aryl methyl sites for hydroxylation is 1. The zero-order chi connectivity index (χ0) is 23.9. The van der Waals surface area contributed by atoms with E-state index in [2.05, 4.69) is 37.3 Å². The van der Waals surface area contributed by atoms with E-state index in [1.165, 1.54) is 43.7 Å². The van der Waals surface area contributed by atoms with Gasteiger partial charge in [0.15, 0.2) is 0 Å². The molecular formula is C31H41FO2. The van der Waals surface area contributed by atoms with Crippen LogP contribution in [0.4, 0.5) is 4.39 Å². The van der Waals surface area contributed by atoms with Crippen molar-refractivity contribution in [2.24, 2.45) is 23.7 Å². The first-order chi connectivity index (χ1) is 16.5. The second-order valence-electron chi connectivity index (χ2n) is 10.9. The van der Waals surface area contributed by atoms with Crippen molar-refractivity contribution >= 4 is 5.97 Å². The molecule has 0 saturated heterocycles. The predicted octanol–water partition coefficient (Wildman–Crippen LogP) is 8.49. The second kappa shape index (κ2) is 12.0.